The number of aliphatic hydroxyl groups excluding tert-OH is 1. The van der Waals surface area contributed by atoms with Crippen LogP contribution in [-0.4, -0.2) is 53.1 Å². The average molecular weight is 578 g/mol. The molecule has 3 rings (SSSR count). The maximum Gasteiger partial charge on any atom is 0.416 e. The lowest BCUT2D eigenvalue weighted by atomic mass is 9.78. The number of nitrogens with zero attached hydrogens (tertiary/aromatic N) is 2. The fourth-order valence-electron chi connectivity index (χ4n) is 4.86. The topological polar surface area (TPSA) is 72.9 Å². The lowest BCUT2D eigenvalue weighted by molar-refractivity contribution is -0.143. The van der Waals surface area contributed by atoms with E-state index in [-0.39, 0.29) is 31.1 Å². The summed E-state index contributed by atoms with van der Waals surface area (Å²) in [6, 6.07) is 4.06. The van der Waals surface area contributed by atoms with Crippen molar-refractivity contribution in [3.8, 4) is 0 Å². The molecule has 2 N–H and O–H groups in total. The number of aliphatic hydroxyl groups is 1. The summed E-state index contributed by atoms with van der Waals surface area (Å²) in [7, 11) is 1.30. The third kappa shape index (κ3) is 7.11. The summed E-state index contributed by atoms with van der Waals surface area (Å²) in [6.07, 6.45) is -11.2. The summed E-state index contributed by atoms with van der Waals surface area (Å²) >= 11 is 0. The van der Waals surface area contributed by atoms with Crippen LogP contribution in [0.15, 0.2) is 36.4 Å². The van der Waals surface area contributed by atoms with Gasteiger partial charge in [-0.05, 0) is 74.2 Å². The Labute approximate surface area is 226 Å². The van der Waals surface area contributed by atoms with Crippen LogP contribution in [0.5, 0.6) is 0 Å². The van der Waals surface area contributed by atoms with Gasteiger partial charge < -0.3 is 10.0 Å². The maximum absolute atomic E-state index is 13.8. The number of amides is 2. The number of benzene rings is 2. The minimum atomic E-state index is -5.03. The Balaban J connectivity index is 1.96. The van der Waals surface area contributed by atoms with Crippen LogP contribution >= 0.6 is 0 Å². The molecule has 0 saturated carbocycles. The molecule has 1 heterocycles. The van der Waals surface area contributed by atoms with Gasteiger partial charge >= 0.3 is 12.4 Å². The summed E-state index contributed by atoms with van der Waals surface area (Å²) in [5, 5.41) is 11.1. The predicted molar refractivity (Wildman–Crippen MR) is 131 cm³/mol. The SMILES string of the molecule is Cc1cc(F)ccc1[C@H]1CN(NC(=O)[C@H](C)O)CC[C@@H]1C(=O)N(C)[C@H](C)c1cc(C(F)(F)F)cc(C(F)(F)F)c1. The second-order valence-corrected chi connectivity index (χ2v) is 10.1. The monoisotopic (exact) mass is 577 g/mol. The number of halogens is 7. The smallest absolute Gasteiger partial charge is 0.384 e. The Morgan fingerprint density at radius 1 is 1.02 bits per heavy atom. The second-order valence-electron chi connectivity index (χ2n) is 10.1. The lowest BCUT2D eigenvalue weighted by Gasteiger charge is -2.41. The van der Waals surface area contributed by atoms with Gasteiger partial charge in [0.1, 0.15) is 11.9 Å². The number of rotatable bonds is 6. The Morgan fingerprint density at radius 3 is 2.10 bits per heavy atom. The van der Waals surface area contributed by atoms with E-state index >= 15 is 0 Å². The van der Waals surface area contributed by atoms with Crippen LogP contribution in [0, 0.1) is 18.7 Å². The molecule has 0 radical (unpaired) electrons. The molecule has 0 bridgehead atoms. The highest BCUT2D eigenvalue weighted by Crippen LogP contribution is 2.40. The van der Waals surface area contributed by atoms with Crippen molar-refractivity contribution in [2.45, 2.75) is 57.6 Å². The van der Waals surface area contributed by atoms with E-state index in [1.165, 1.54) is 44.1 Å². The van der Waals surface area contributed by atoms with E-state index in [1.807, 2.05) is 0 Å². The molecule has 40 heavy (non-hydrogen) atoms. The van der Waals surface area contributed by atoms with Crippen molar-refractivity contribution in [3.05, 3.63) is 70.0 Å². The molecular weight excluding hydrogens is 547 g/mol. The third-order valence-corrected chi connectivity index (χ3v) is 7.23. The van der Waals surface area contributed by atoms with Crippen molar-refractivity contribution in [1.82, 2.24) is 15.3 Å². The quantitative estimate of drug-likeness (QED) is 0.463. The first-order valence-corrected chi connectivity index (χ1v) is 12.5. The standard InChI is InChI=1S/C27H30F7N3O3/c1-14-9-20(28)5-6-21(14)23-13-37(35-24(39)16(3)38)8-7-22(23)25(40)36(4)15(2)17-10-18(26(29,30)31)12-19(11-17)27(32,33)34/h5-6,9-12,15-16,22-23,38H,7-8,13H2,1-4H3,(H,35,39)/t15-,16+,22+,23-/m1/s1. The highest BCUT2D eigenvalue weighted by molar-refractivity contribution is 5.81. The fraction of sp³-hybridized carbons (Fsp3) is 0.481. The van der Waals surface area contributed by atoms with Crippen LogP contribution in [0.25, 0.3) is 0 Å². The normalized spacial score (nSPS) is 20.1. The number of carbonyl (C=O) groups is 2. The third-order valence-electron chi connectivity index (χ3n) is 7.23. The van der Waals surface area contributed by atoms with Gasteiger partial charge in [-0.2, -0.15) is 26.3 Å². The van der Waals surface area contributed by atoms with Gasteiger partial charge in [-0.15, -0.1) is 0 Å². The lowest BCUT2D eigenvalue weighted by Crippen LogP contribution is -2.53. The summed E-state index contributed by atoms with van der Waals surface area (Å²) in [6.45, 7) is 4.52. The number of nitrogens with one attached hydrogen (secondary N) is 1. The Morgan fingerprint density at radius 2 is 1.60 bits per heavy atom. The van der Waals surface area contributed by atoms with E-state index in [0.717, 1.165) is 4.90 Å². The first-order chi connectivity index (χ1) is 18.4. The highest BCUT2D eigenvalue weighted by Gasteiger charge is 2.41. The van der Waals surface area contributed by atoms with Crippen molar-refractivity contribution in [3.63, 3.8) is 0 Å². The number of piperidine rings is 1. The van der Waals surface area contributed by atoms with E-state index < -0.39 is 65.1 Å². The minimum Gasteiger partial charge on any atom is -0.384 e. The number of alkyl halides is 6. The van der Waals surface area contributed by atoms with Crippen LogP contribution in [0.4, 0.5) is 30.7 Å². The Hall–Kier alpha value is -3.19. The van der Waals surface area contributed by atoms with Crippen LogP contribution in [0.2, 0.25) is 0 Å². The molecule has 0 unspecified atom stereocenters. The van der Waals surface area contributed by atoms with Crippen molar-refractivity contribution in [2.75, 3.05) is 20.1 Å². The van der Waals surface area contributed by atoms with Crippen LogP contribution in [0.1, 0.15) is 60.0 Å². The second kappa shape index (κ2) is 11.7. The maximum atomic E-state index is 13.8. The predicted octanol–water partition coefficient (Wildman–Crippen LogP) is 5.21. The zero-order valence-electron chi connectivity index (χ0n) is 22.2. The molecule has 1 fully saturated rings. The van der Waals surface area contributed by atoms with E-state index in [4.69, 9.17) is 0 Å². The molecule has 2 aromatic rings. The van der Waals surface area contributed by atoms with E-state index in [9.17, 15) is 45.4 Å². The van der Waals surface area contributed by atoms with Gasteiger partial charge in [0, 0.05) is 32.0 Å². The first-order valence-electron chi connectivity index (χ1n) is 12.5. The molecule has 1 saturated heterocycles. The highest BCUT2D eigenvalue weighted by atomic mass is 19.4. The van der Waals surface area contributed by atoms with Crippen LogP contribution < -0.4 is 5.43 Å². The van der Waals surface area contributed by atoms with Crippen LogP contribution in [0.3, 0.4) is 0 Å². The molecule has 2 amide bonds. The molecule has 4 atom stereocenters. The molecule has 2 aromatic carbocycles. The van der Waals surface area contributed by atoms with Crippen molar-refractivity contribution < 1.29 is 45.4 Å². The number of hydrazine groups is 1. The largest absolute Gasteiger partial charge is 0.416 e. The number of hydrogen-bond acceptors (Lipinski definition) is 4. The average Bonchev–Trinajstić information content (AvgIpc) is 2.86. The molecular formula is C27H30F7N3O3. The van der Waals surface area contributed by atoms with Crippen LogP contribution in [-0.2, 0) is 21.9 Å². The van der Waals surface area contributed by atoms with Gasteiger partial charge in [-0.3, -0.25) is 15.0 Å². The number of carbonyl (C=O) groups excluding carboxylic acids is 2. The number of aryl methyl sites for hydroxylation is 1. The first kappa shape index (κ1) is 31.3. The van der Waals surface area contributed by atoms with Crippen molar-refractivity contribution >= 4 is 11.8 Å². The molecule has 6 nitrogen and oxygen atoms in total. The molecule has 13 heteroatoms. The van der Waals surface area contributed by atoms with Gasteiger partial charge in [0.15, 0.2) is 0 Å². The van der Waals surface area contributed by atoms with Gasteiger partial charge in [0.2, 0.25) is 5.91 Å². The molecule has 1 aliphatic rings. The molecule has 0 spiro atoms. The zero-order chi connectivity index (χ0) is 30.2. The Kier molecular flexibility index (Phi) is 9.19. The minimum absolute atomic E-state index is 0.0304. The fourth-order valence-corrected chi connectivity index (χ4v) is 4.86. The summed E-state index contributed by atoms with van der Waals surface area (Å²) in [5.74, 6) is -3.11. The summed E-state index contributed by atoms with van der Waals surface area (Å²) in [4.78, 5) is 26.9. The van der Waals surface area contributed by atoms with E-state index in [0.29, 0.717) is 23.3 Å². The van der Waals surface area contributed by atoms with Gasteiger partial charge in [-0.1, -0.05) is 6.07 Å². The number of hydrogen-bond donors (Lipinski definition) is 2. The van der Waals surface area contributed by atoms with Gasteiger partial charge in [-0.25, -0.2) is 9.40 Å². The molecule has 0 aromatic heterocycles. The molecule has 0 aliphatic carbocycles. The van der Waals surface area contributed by atoms with Gasteiger partial charge in [0.25, 0.3) is 5.91 Å². The zero-order valence-corrected chi connectivity index (χ0v) is 22.2. The van der Waals surface area contributed by atoms with Gasteiger partial charge in [0.05, 0.1) is 17.2 Å². The Bertz CT molecular complexity index is 1210. The van der Waals surface area contributed by atoms with Crippen molar-refractivity contribution in [2.24, 2.45) is 5.92 Å². The van der Waals surface area contributed by atoms with Crippen molar-refractivity contribution in [1.29, 1.82) is 0 Å². The van der Waals surface area contributed by atoms with E-state index in [1.54, 1.807) is 6.92 Å². The molecule has 1 aliphatic heterocycles. The van der Waals surface area contributed by atoms with E-state index in [2.05, 4.69) is 5.43 Å². The summed E-state index contributed by atoms with van der Waals surface area (Å²) in [5.41, 5.74) is 0.377. The molecule has 220 valence electrons. The summed E-state index contributed by atoms with van der Waals surface area (Å²) < 4.78 is 94.3.